The van der Waals surface area contributed by atoms with Crippen molar-refractivity contribution in [1.82, 2.24) is 9.47 Å². The molecule has 0 amide bonds. The van der Waals surface area contributed by atoms with Crippen molar-refractivity contribution in [3.05, 3.63) is 77.1 Å². The van der Waals surface area contributed by atoms with E-state index >= 15 is 0 Å². The molecule has 2 fully saturated rings. The number of likely N-dealkylation sites (tertiary alicyclic amines) is 1. The lowest BCUT2D eigenvalue weighted by atomic mass is 9.79. The van der Waals surface area contributed by atoms with Crippen LogP contribution in [0.5, 0.6) is 5.75 Å². The summed E-state index contributed by atoms with van der Waals surface area (Å²) in [5.74, 6) is 0.866. The third kappa shape index (κ3) is 3.31. The summed E-state index contributed by atoms with van der Waals surface area (Å²) in [7, 11) is 1.71. The SMILES string of the molecule is COc1ccc2c(c1)N[C@@]1(COC3(CCN(Cc4cccc(Cl)c4)CC3)C1)c1cccn1-2. The van der Waals surface area contributed by atoms with Gasteiger partial charge in [0.15, 0.2) is 0 Å². The molecule has 0 aliphatic carbocycles. The molecule has 3 aromatic rings. The molecule has 2 spiro atoms. The van der Waals surface area contributed by atoms with Gasteiger partial charge in [0, 0.05) is 43.3 Å². The van der Waals surface area contributed by atoms with E-state index in [4.69, 9.17) is 21.1 Å². The van der Waals surface area contributed by atoms with Crippen LogP contribution in [0.15, 0.2) is 60.8 Å². The Hall–Kier alpha value is -2.47. The van der Waals surface area contributed by atoms with Crippen molar-refractivity contribution >= 4 is 17.3 Å². The van der Waals surface area contributed by atoms with Crippen LogP contribution in [0.2, 0.25) is 5.02 Å². The van der Waals surface area contributed by atoms with E-state index in [0.29, 0.717) is 6.61 Å². The predicted molar refractivity (Wildman–Crippen MR) is 127 cm³/mol. The number of ether oxygens (including phenoxy) is 2. The lowest BCUT2D eigenvalue weighted by Crippen LogP contribution is -2.46. The van der Waals surface area contributed by atoms with E-state index in [-0.39, 0.29) is 11.1 Å². The highest BCUT2D eigenvalue weighted by Crippen LogP contribution is 2.50. The molecule has 0 unspecified atom stereocenters. The van der Waals surface area contributed by atoms with Gasteiger partial charge in [-0.1, -0.05) is 23.7 Å². The molecule has 3 aliphatic rings. The van der Waals surface area contributed by atoms with Crippen LogP contribution in [0.25, 0.3) is 5.69 Å². The van der Waals surface area contributed by atoms with Crippen molar-refractivity contribution in [2.75, 3.05) is 32.1 Å². The van der Waals surface area contributed by atoms with Crippen LogP contribution < -0.4 is 10.1 Å². The van der Waals surface area contributed by atoms with Crippen LogP contribution in [-0.2, 0) is 16.8 Å². The molecule has 2 aromatic carbocycles. The molecule has 1 aromatic heterocycles. The first-order chi connectivity index (χ1) is 15.6. The summed E-state index contributed by atoms with van der Waals surface area (Å²) in [6.07, 6.45) is 5.22. The molecule has 0 bridgehead atoms. The zero-order chi connectivity index (χ0) is 21.8. The maximum atomic E-state index is 6.64. The van der Waals surface area contributed by atoms with E-state index in [1.165, 1.54) is 11.3 Å². The zero-order valence-electron chi connectivity index (χ0n) is 18.3. The number of fused-ring (bicyclic) bond motifs is 4. The summed E-state index contributed by atoms with van der Waals surface area (Å²) in [4.78, 5) is 2.52. The highest BCUT2D eigenvalue weighted by atomic mass is 35.5. The van der Waals surface area contributed by atoms with Gasteiger partial charge in [-0.25, -0.2) is 0 Å². The number of aromatic nitrogens is 1. The number of nitrogens with one attached hydrogen (secondary N) is 1. The number of hydrogen-bond acceptors (Lipinski definition) is 4. The number of piperidine rings is 1. The molecule has 0 saturated carbocycles. The maximum Gasteiger partial charge on any atom is 0.121 e. The Morgan fingerprint density at radius 2 is 1.97 bits per heavy atom. The zero-order valence-corrected chi connectivity index (χ0v) is 19.1. The summed E-state index contributed by atoms with van der Waals surface area (Å²) in [5, 5.41) is 4.67. The van der Waals surface area contributed by atoms with Crippen molar-refractivity contribution in [1.29, 1.82) is 0 Å². The fraction of sp³-hybridized carbons (Fsp3) is 0.385. The largest absolute Gasteiger partial charge is 0.497 e. The molecule has 6 heteroatoms. The second-order valence-corrected chi connectivity index (χ2v) is 9.84. The van der Waals surface area contributed by atoms with Crippen molar-refractivity contribution in [2.45, 2.75) is 36.9 Å². The van der Waals surface area contributed by atoms with Crippen molar-refractivity contribution in [3.63, 3.8) is 0 Å². The number of benzene rings is 2. The normalized spacial score (nSPS) is 23.7. The Morgan fingerprint density at radius 3 is 2.78 bits per heavy atom. The van der Waals surface area contributed by atoms with Gasteiger partial charge < -0.3 is 19.4 Å². The van der Waals surface area contributed by atoms with Crippen molar-refractivity contribution in [2.24, 2.45) is 0 Å². The first kappa shape index (κ1) is 20.2. The smallest absolute Gasteiger partial charge is 0.121 e. The second-order valence-electron chi connectivity index (χ2n) is 9.41. The van der Waals surface area contributed by atoms with Gasteiger partial charge in [0.05, 0.1) is 36.4 Å². The summed E-state index contributed by atoms with van der Waals surface area (Å²) < 4.78 is 14.4. The number of methoxy groups -OCH3 is 1. The molecular weight excluding hydrogens is 422 g/mol. The average Bonchev–Trinajstić information content (AvgIpc) is 3.42. The monoisotopic (exact) mass is 449 g/mol. The minimum Gasteiger partial charge on any atom is -0.497 e. The van der Waals surface area contributed by atoms with Crippen LogP contribution in [-0.4, -0.2) is 41.9 Å². The van der Waals surface area contributed by atoms with Crippen LogP contribution >= 0.6 is 11.6 Å². The number of halogens is 1. The van der Waals surface area contributed by atoms with Crippen molar-refractivity contribution in [3.8, 4) is 11.4 Å². The lowest BCUT2D eigenvalue weighted by Gasteiger charge is -2.41. The second kappa shape index (κ2) is 7.55. The molecule has 0 radical (unpaired) electrons. The molecule has 3 aliphatic heterocycles. The van der Waals surface area contributed by atoms with Crippen LogP contribution in [0, 0.1) is 0 Å². The van der Waals surface area contributed by atoms with Gasteiger partial charge in [0.1, 0.15) is 11.3 Å². The van der Waals surface area contributed by atoms with Crippen LogP contribution in [0.3, 0.4) is 0 Å². The lowest BCUT2D eigenvalue weighted by molar-refractivity contribution is -0.0451. The van der Waals surface area contributed by atoms with E-state index in [9.17, 15) is 0 Å². The minimum absolute atomic E-state index is 0.0801. The quantitative estimate of drug-likeness (QED) is 0.595. The molecule has 6 rings (SSSR count). The molecular formula is C26H28ClN3O2. The van der Waals surface area contributed by atoms with E-state index < -0.39 is 0 Å². The van der Waals surface area contributed by atoms with E-state index in [2.05, 4.69) is 57.4 Å². The molecule has 5 nitrogen and oxygen atoms in total. The Morgan fingerprint density at radius 1 is 1.09 bits per heavy atom. The Labute approximate surface area is 193 Å². The number of anilines is 1. The summed E-state index contributed by atoms with van der Waals surface area (Å²) in [6, 6.07) is 18.8. The van der Waals surface area contributed by atoms with Gasteiger partial charge in [-0.2, -0.15) is 0 Å². The van der Waals surface area contributed by atoms with E-state index in [1.807, 2.05) is 18.2 Å². The Bertz CT molecular complexity index is 1150. The molecule has 4 heterocycles. The Kier molecular flexibility index (Phi) is 4.75. The fourth-order valence-electron chi connectivity index (χ4n) is 5.76. The topological polar surface area (TPSA) is 38.7 Å². The van der Waals surface area contributed by atoms with Gasteiger partial charge in [0.25, 0.3) is 0 Å². The molecule has 32 heavy (non-hydrogen) atoms. The predicted octanol–water partition coefficient (Wildman–Crippen LogP) is 5.22. The Balaban J connectivity index is 1.21. The van der Waals surface area contributed by atoms with Gasteiger partial charge in [-0.15, -0.1) is 0 Å². The van der Waals surface area contributed by atoms with Crippen LogP contribution in [0.1, 0.15) is 30.5 Å². The fourth-order valence-corrected chi connectivity index (χ4v) is 5.97. The van der Waals surface area contributed by atoms with Gasteiger partial charge in [-0.05, 0) is 54.8 Å². The van der Waals surface area contributed by atoms with Crippen LogP contribution in [0.4, 0.5) is 5.69 Å². The average molecular weight is 450 g/mol. The first-order valence-electron chi connectivity index (χ1n) is 11.3. The third-order valence-corrected chi connectivity index (χ3v) is 7.62. The van der Waals surface area contributed by atoms with Crippen molar-refractivity contribution < 1.29 is 9.47 Å². The highest BCUT2D eigenvalue weighted by Gasteiger charge is 2.53. The number of rotatable bonds is 3. The first-order valence-corrected chi connectivity index (χ1v) is 11.7. The van der Waals surface area contributed by atoms with Gasteiger partial charge >= 0.3 is 0 Å². The number of hydrogen-bond donors (Lipinski definition) is 1. The third-order valence-electron chi connectivity index (χ3n) is 7.39. The van der Waals surface area contributed by atoms with E-state index in [1.54, 1.807) is 7.11 Å². The molecule has 2 saturated heterocycles. The summed E-state index contributed by atoms with van der Waals surface area (Å²) in [5.41, 5.74) is 4.53. The molecule has 166 valence electrons. The number of nitrogens with zero attached hydrogens (tertiary/aromatic N) is 2. The maximum absolute atomic E-state index is 6.64. The summed E-state index contributed by atoms with van der Waals surface area (Å²) in [6.45, 7) is 3.69. The van der Waals surface area contributed by atoms with E-state index in [0.717, 1.165) is 61.0 Å². The summed E-state index contributed by atoms with van der Waals surface area (Å²) >= 11 is 6.18. The van der Waals surface area contributed by atoms with Gasteiger partial charge in [-0.3, -0.25) is 4.90 Å². The highest BCUT2D eigenvalue weighted by molar-refractivity contribution is 6.30. The molecule has 1 N–H and O–H groups in total. The standard InChI is InChI=1S/C26H28ClN3O2/c1-31-21-7-8-23-22(15-21)28-26(24-6-3-11-30(23)24)17-25(32-18-26)9-12-29(13-10-25)16-19-4-2-5-20(27)14-19/h2-8,11,14-15,28H,9-10,12-13,16-18H2,1H3/t26-/m0/s1. The van der Waals surface area contributed by atoms with Gasteiger partial charge in [0.2, 0.25) is 0 Å². The molecule has 1 atom stereocenters. The minimum atomic E-state index is -0.210.